The van der Waals surface area contributed by atoms with E-state index in [2.05, 4.69) is 16.4 Å². The highest BCUT2D eigenvalue weighted by Gasteiger charge is 2.29. The van der Waals surface area contributed by atoms with Gasteiger partial charge in [0.05, 0.1) is 12.6 Å². The van der Waals surface area contributed by atoms with E-state index in [0.717, 1.165) is 24.0 Å². The molecule has 5 heteroatoms. The fourth-order valence-corrected chi connectivity index (χ4v) is 3.05. The molecular weight excluding hydrogens is 290 g/mol. The maximum Gasteiger partial charge on any atom is 0.318 e. The number of pyridine rings is 1. The van der Waals surface area contributed by atoms with Crippen LogP contribution >= 0.6 is 0 Å². The summed E-state index contributed by atoms with van der Waals surface area (Å²) in [5.74, 6) is 0. The van der Waals surface area contributed by atoms with Gasteiger partial charge in [0, 0.05) is 25.5 Å². The Morgan fingerprint density at radius 2 is 2.17 bits per heavy atom. The number of aromatic nitrogens is 1. The molecule has 0 bridgehead atoms. The van der Waals surface area contributed by atoms with Crippen LogP contribution in [-0.2, 0) is 12.8 Å². The van der Waals surface area contributed by atoms with E-state index in [0.29, 0.717) is 13.1 Å². The van der Waals surface area contributed by atoms with Crippen molar-refractivity contribution >= 4 is 6.03 Å². The molecule has 0 radical (unpaired) electrons. The lowest BCUT2D eigenvalue weighted by molar-refractivity contribution is 0.127. The summed E-state index contributed by atoms with van der Waals surface area (Å²) in [6.07, 6.45) is 5.11. The summed E-state index contributed by atoms with van der Waals surface area (Å²) in [5, 5.41) is 12.7. The highest BCUT2D eigenvalue weighted by Crippen LogP contribution is 2.29. The van der Waals surface area contributed by atoms with Gasteiger partial charge < -0.3 is 15.3 Å². The number of aliphatic hydroxyl groups is 1. The van der Waals surface area contributed by atoms with Crippen LogP contribution in [-0.4, -0.2) is 40.7 Å². The Kier molecular flexibility index (Phi) is 4.88. The molecule has 3 rings (SSSR count). The minimum Gasteiger partial charge on any atom is -0.394 e. The summed E-state index contributed by atoms with van der Waals surface area (Å²) in [6, 6.07) is 11.5. The van der Waals surface area contributed by atoms with Gasteiger partial charge in [-0.3, -0.25) is 4.98 Å². The van der Waals surface area contributed by atoms with Crippen LogP contribution in [0.1, 0.15) is 22.7 Å². The minimum atomic E-state index is -0.265. The SMILES string of the molecule is O=C(NCCc1cccnc1)N1CCc2ccccc2C1CO. The van der Waals surface area contributed by atoms with Crippen molar-refractivity contribution < 1.29 is 9.90 Å². The van der Waals surface area contributed by atoms with Crippen molar-refractivity contribution in [2.45, 2.75) is 18.9 Å². The number of hydrogen-bond donors (Lipinski definition) is 2. The van der Waals surface area contributed by atoms with Gasteiger partial charge in [-0.25, -0.2) is 4.79 Å². The molecule has 0 aliphatic carbocycles. The third-order valence-electron chi connectivity index (χ3n) is 4.26. The summed E-state index contributed by atoms with van der Waals surface area (Å²) < 4.78 is 0. The van der Waals surface area contributed by atoms with Crippen LogP contribution in [0.4, 0.5) is 4.79 Å². The third kappa shape index (κ3) is 3.51. The smallest absolute Gasteiger partial charge is 0.318 e. The number of urea groups is 1. The first-order chi connectivity index (χ1) is 11.3. The fraction of sp³-hybridized carbons (Fsp3) is 0.333. The molecule has 23 heavy (non-hydrogen) atoms. The number of rotatable bonds is 4. The molecule has 1 unspecified atom stereocenters. The molecular formula is C18H21N3O2. The maximum absolute atomic E-state index is 12.5. The molecule has 1 aromatic heterocycles. The van der Waals surface area contributed by atoms with Crippen LogP contribution in [0.25, 0.3) is 0 Å². The lowest BCUT2D eigenvalue weighted by Gasteiger charge is -2.36. The van der Waals surface area contributed by atoms with E-state index in [9.17, 15) is 9.90 Å². The molecule has 2 N–H and O–H groups in total. The van der Waals surface area contributed by atoms with Crippen molar-refractivity contribution in [3.05, 3.63) is 65.5 Å². The Labute approximate surface area is 136 Å². The van der Waals surface area contributed by atoms with Crippen molar-refractivity contribution in [2.75, 3.05) is 19.7 Å². The Morgan fingerprint density at radius 1 is 1.30 bits per heavy atom. The zero-order valence-electron chi connectivity index (χ0n) is 13.0. The number of aliphatic hydroxyl groups excluding tert-OH is 1. The average Bonchev–Trinajstić information content (AvgIpc) is 2.61. The lowest BCUT2D eigenvalue weighted by atomic mass is 9.93. The van der Waals surface area contributed by atoms with E-state index >= 15 is 0 Å². The van der Waals surface area contributed by atoms with Crippen molar-refractivity contribution in [2.24, 2.45) is 0 Å². The Balaban J connectivity index is 1.61. The molecule has 2 amide bonds. The molecule has 0 fully saturated rings. The Hall–Kier alpha value is -2.40. The standard InChI is InChI=1S/C18H21N3O2/c22-13-17-16-6-2-1-5-15(16)8-11-21(17)18(23)20-10-7-14-4-3-9-19-12-14/h1-6,9,12,17,22H,7-8,10-11,13H2,(H,20,23). The molecule has 120 valence electrons. The largest absolute Gasteiger partial charge is 0.394 e. The Morgan fingerprint density at radius 3 is 2.96 bits per heavy atom. The monoisotopic (exact) mass is 311 g/mol. The molecule has 2 aromatic rings. The van der Waals surface area contributed by atoms with Crippen LogP contribution in [0, 0.1) is 0 Å². The fourth-order valence-electron chi connectivity index (χ4n) is 3.05. The van der Waals surface area contributed by atoms with Gasteiger partial charge in [0.25, 0.3) is 0 Å². The molecule has 1 aromatic carbocycles. The quantitative estimate of drug-likeness (QED) is 0.907. The van der Waals surface area contributed by atoms with Crippen molar-refractivity contribution in [1.82, 2.24) is 15.2 Å². The van der Waals surface area contributed by atoms with Gasteiger partial charge in [0.1, 0.15) is 0 Å². The van der Waals surface area contributed by atoms with E-state index < -0.39 is 0 Å². The highest BCUT2D eigenvalue weighted by atomic mass is 16.3. The van der Waals surface area contributed by atoms with Crippen LogP contribution in [0.5, 0.6) is 0 Å². The average molecular weight is 311 g/mol. The number of nitrogens with one attached hydrogen (secondary N) is 1. The van der Waals surface area contributed by atoms with Gasteiger partial charge in [0.15, 0.2) is 0 Å². The maximum atomic E-state index is 12.5. The first-order valence-electron chi connectivity index (χ1n) is 7.91. The summed E-state index contributed by atoms with van der Waals surface area (Å²) in [7, 11) is 0. The van der Waals surface area contributed by atoms with Gasteiger partial charge in [-0.15, -0.1) is 0 Å². The van der Waals surface area contributed by atoms with E-state index in [-0.39, 0.29) is 18.7 Å². The van der Waals surface area contributed by atoms with E-state index in [4.69, 9.17) is 0 Å². The minimum absolute atomic E-state index is 0.0625. The van der Waals surface area contributed by atoms with Gasteiger partial charge in [-0.05, 0) is 35.6 Å². The van der Waals surface area contributed by atoms with Gasteiger partial charge >= 0.3 is 6.03 Å². The second-order valence-electron chi connectivity index (χ2n) is 5.68. The van der Waals surface area contributed by atoms with Crippen molar-refractivity contribution in [1.29, 1.82) is 0 Å². The lowest BCUT2D eigenvalue weighted by Crippen LogP contribution is -2.47. The molecule has 0 spiro atoms. The first kappa shape index (κ1) is 15.5. The van der Waals surface area contributed by atoms with E-state index in [1.54, 1.807) is 17.3 Å². The second kappa shape index (κ2) is 7.24. The van der Waals surface area contributed by atoms with Crippen LogP contribution in [0.3, 0.4) is 0 Å². The van der Waals surface area contributed by atoms with Gasteiger partial charge in [-0.2, -0.15) is 0 Å². The summed E-state index contributed by atoms with van der Waals surface area (Å²) >= 11 is 0. The number of carbonyl (C=O) groups is 1. The van der Waals surface area contributed by atoms with E-state index in [1.165, 1.54) is 5.56 Å². The molecule has 1 aliphatic heterocycles. The number of fused-ring (bicyclic) bond motifs is 1. The van der Waals surface area contributed by atoms with Crippen molar-refractivity contribution in [3.63, 3.8) is 0 Å². The molecule has 1 aliphatic rings. The number of hydrogen-bond acceptors (Lipinski definition) is 3. The summed E-state index contributed by atoms with van der Waals surface area (Å²) in [6.45, 7) is 1.12. The molecule has 0 saturated heterocycles. The van der Waals surface area contributed by atoms with Crippen molar-refractivity contribution in [3.8, 4) is 0 Å². The predicted octanol–water partition coefficient (Wildman–Crippen LogP) is 1.93. The van der Waals surface area contributed by atoms with Crippen LogP contribution < -0.4 is 5.32 Å². The number of nitrogens with zero attached hydrogens (tertiary/aromatic N) is 2. The molecule has 5 nitrogen and oxygen atoms in total. The highest BCUT2D eigenvalue weighted by molar-refractivity contribution is 5.75. The summed E-state index contributed by atoms with van der Waals surface area (Å²) in [4.78, 5) is 18.2. The number of benzene rings is 1. The first-order valence-corrected chi connectivity index (χ1v) is 7.91. The summed E-state index contributed by atoms with van der Waals surface area (Å²) in [5.41, 5.74) is 3.35. The second-order valence-corrected chi connectivity index (χ2v) is 5.68. The van der Waals surface area contributed by atoms with Crippen LogP contribution in [0.2, 0.25) is 0 Å². The van der Waals surface area contributed by atoms with E-state index in [1.807, 2.05) is 30.3 Å². The molecule has 0 saturated carbocycles. The van der Waals surface area contributed by atoms with Crippen LogP contribution in [0.15, 0.2) is 48.8 Å². The Bertz CT molecular complexity index is 660. The molecule has 1 atom stereocenters. The topological polar surface area (TPSA) is 65.5 Å². The third-order valence-corrected chi connectivity index (χ3v) is 4.26. The van der Waals surface area contributed by atoms with Gasteiger partial charge in [-0.1, -0.05) is 30.3 Å². The number of amides is 2. The van der Waals surface area contributed by atoms with Gasteiger partial charge in [0.2, 0.25) is 0 Å². The number of carbonyl (C=O) groups excluding carboxylic acids is 1. The zero-order chi connectivity index (χ0) is 16.1. The zero-order valence-corrected chi connectivity index (χ0v) is 13.0. The normalized spacial score (nSPS) is 16.7. The molecule has 2 heterocycles. The predicted molar refractivity (Wildman–Crippen MR) is 88.0 cm³/mol.